The Morgan fingerprint density at radius 3 is 2.39 bits per heavy atom. The smallest absolute Gasteiger partial charge is 0.352 e. The van der Waals surface area contributed by atoms with E-state index in [0.29, 0.717) is 17.5 Å². The minimum Gasteiger partial charge on any atom is -0.383 e. The van der Waals surface area contributed by atoms with Crippen LogP contribution >= 0.6 is 0 Å². The lowest BCUT2D eigenvalue weighted by molar-refractivity contribution is -0.212. The van der Waals surface area contributed by atoms with Crippen molar-refractivity contribution in [3.8, 4) is 0 Å². The summed E-state index contributed by atoms with van der Waals surface area (Å²) in [6.07, 6.45) is 0.253. The van der Waals surface area contributed by atoms with Crippen molar-refractivity contribution in [3.63, 3.8) is 0 Å². The minimum atomic E-state index is -3.87. The molecular formula is C16H20F2N2O3. The van der Waals surface area contributed by atoms with Crippen LogP contribution in [0, 0.1) is 6.92 Å². The molecule has 0 heterocycles. The second kappa shape index (κ2) is 5.88. The number of carbonyl (C=O) groups is 2. The van der Waals surface area contributed by atoms with Crippen molar-refractivity contribution in [2.45, 2.75) is 37.7 Å². The average molecular weight is 326 g/mol. The standard InChI is InChI=1S/C16H20F2N2O3/c1-10-5-6-11(9-12(10)13(21)20(2)3)19-14(22)16(17,18)15(23)7-4-8-15/h5-6,9,23H,4,7-8H2,1-3H3,(H,19,22). The molecule has 2 N–H and O–H groups in total. The molecule has 0 saturated heterocycles. The number of benzene rings is 1. The van der Waals surface area contributed by atoms with Crippen LogP contribution in [0.4, 0.5) is 14.5 Å². The fraction of sp³-hybridized carbons (Fsp3) is 0.500. The van der Waals surface area contributed by atoms with E-state index in [1.807, 2.05) is 0 Å². The number of alkyl halides is 2. The number of amides is 2. The molecule has 0 bridgehead atoms. The maximum absolute atomic E-state index is 14.1. The van der Waals surface area contributed by atoms with Gasteiger partial charge in [0.25, 0.3) is 11.8 Å². The van der Waals surface area contributed by atoms with Crippen molar-refractivity contribution in [1.29, 1.82) is 0 Å². The molecule has 126 valence electrons. The van der Waals surface area contributed by atoms with E-state index in [1.54, 1.807) is 27.1 Å². The van der Waals surface area contributed by atoms with Crippen LogP contribution in [0.15, 0.2) is 18.2 Å². The predicted molar refractivity (Wildman–Crippen MR) is 81.6 cm³/mol. The summed E-state index contributed by atoms with van der Waals surface area (Å²) < 4.78 is 28.1. The third-order valence-electron chi connectivity index (χ3n) is 4.18. The fourth-order valence-corrected chi connectivity index (χ4v) is 2.42. The highest BCUT2D eigenvalue weighted by Crippen LogP contribution is 2.44. The molecule has 1 fully saturated rings. The molecule has 7 heteroatoms. The third-order valence-corrected chi connectivity index (χ3v) is 4.18. The van der Waals surface area contributed by atoms with E-state index >= 15 is 0 Å². The van der Waals surface area contributed by atoms with Crippen LogP contribution in [-0.2, 0) is 4.79 Å². The van der Waals surface area contributed by atoms with Gasteiger partial charge in [0.1, 0.15) is 5.60 Å². The van der Waals surface area contributed by atoms with Gasteiger partial charge in [-0.05, 0) is 43.9 Å². The van der Waals surface area contributed by atoms with Crippen LogP contribution in [0.2, 0.25) is 0 Å². The van der Waals surface area contributed by atoms with Crippen LogP contribution in [0.25, 0.3) is 0 Å². The van der Waals surface area contributed by atoms with Gasteiger partial charge in [-0.3, -0.25) is 9.59 Å². The molecule has 1 aliphatic rings. The maximum Gasteiger partial charge on any atom is 0.352 e. The lowest BCUT2D eigenvalue weighted by Crippen LogP contribution is -2.59. The normalized spacial score (nSPS) is 16.4. The van der Waals surface area contributed by atoms with Crippen LogP contribution in [0.1, 0.15) is 35.2 Å². The number of anilines is 1. The summed E-state index contributed by atoms with van der Waals surface area (Å²) in [5.74, 6) is -5.73. The molecule has 2 amide bonds. The summed E-state index contributed by atoms with van der Waals surface area (Å²) in [5.41, 5.74) is -1.19. The van der Waals surface area contributed by atoms with E-state index in [0.717, 1.165) is 0 Å². The molecule has 23 heavy (non-hydrogen) atoms. The molecule has 1 aliphatic carbocycles. The summed E-state index contributed by atoms with van der Waals surface area (Å²) in [7, 11) is 3.15. The Hall–Kier alpha value is -2.02. The summed E-state index contributed by atoms with van der Waals surface area (Å²) in [4.78, 5) is 25.3. The first-order valence-corrected chi connectivity index (χ1v) is 7.32. The van der Waals surface area contributed by atoms with E-state index < -0.39 is 17.4 Å². The molecule has 2 rings (SSSR count). The largest absolute Gasteiger partial charge is 0.383 e. The van der Waals surface area contributed by atoms with Gasteiger partial charge in [-0.15, -0.1) is 0 Å². The molecule has 1 aromatic rings. The average Bonchev–Trinajstić information content (AvgIpc) is 2.45. The summed E-state index contributed by atoms with van der Waals surface area (Å²) in [6, 6.07) is 4.37. The first-order valence-electron chi connectivity index (χ1n) is 7.32. The second-order valence-electron chi connectivity index (χ2n) is 6.14. The SMILES string of the molecule is Cc1ccc(NC(=O)C(F)(F)C2(O)CCC2)cc1C(=O)N(C)C. The quantitative estimate of drug-likeness (QED) is 0.891. The Morgan fingerprint density at radius 1 is 1.30 bits per heavy atom. The van der Waals surface area contributed by atoms with Crippen molar-refractivity contribution in [2.75, 3.05) is 19.4 Å². The van der Waals surface area contributed by atoms with E-state index in [9.17, 15) is 23.5 Å². The van der Waals surface area contributed by atoms with Gasteiger partial charge in [-0.1, -0.05) is 6.07 Å². The molecule has 1 aromatic carbocycles. The van der Waals surface area contributed by atoms with E-state index in [4.69, 9.17) is 0 Å². The zero-order valence-electron chi connectivity index (χ0n) is 13.3. The fourth-order valence-electron chi connectivity index (χ4n) is 2.42. The van der Waals surface area contributed by atoms with Crippen LogP contribution in [-0.4, -0.2) is 47.4 Å². The number of nitrogens with zero attached hydrogens (tertiary/aromatic N) is 1. The van der Waals surface area contributed by atoms with Gasteiger partial charge in [0.2, 0.25) is 0 Å². The third kappa shape index (κ3) is 3.06. The first kappa shape index (κ1) is 17.3. The lowest BCUT2D eigenvalue weighted by Gasteiger charge is -2.41. The van der Waals surface area contributed by atoms with Crippen molar-refractivity contribution >= 4 is 17.5 Å². The number of hydrogen-bond acceptors (Lipinski definition) is 3. The maximum atomic E-state index is 14.1. The van der Waals surface area contributed by atoms with Crippen molar-refractivity contribution in [2.24, 2.45) is 0 Å². The second-order valence-corrected chi connectivity index (χ2v) is 6.14. The van der Waals surface area contributed by atoms with Crippen LogP contribution < -0.4 is 5.32 Å². The molecule has 0 atom stereocenters. The predicted octanol–water partition coefficient (Wildman–Crippen LogP) is 2.19. The molecule has 0 aromatic heterocycles. The summed E-state index contributed by atoms with van der Waals surface area (Å²) in [6.45, 7) is 1.72. The molecule has 0 spiro atoms. The van der Waals surface area contributed by atoms with Gasteiger partial charge in [0.05, 0.1) is 0 Å². The summed E-state index contributed by atoms with van der Waals surface area (Å²) >= 11 is 0. The molecule has 1 saturated carbocycles. The Kier molecular flexibility index (Phi) is 4.43. The topological polar surface area (TPSA) is 69.6 Å². The Balaban J connectivity index is 2.22. The van der Waals surface area contributed by atoms with Crippen molar-refractivity contribution in [3.05, 3.63) is 29.3 Å². The van der Waals surface area contributed by atoms with Gasteiger partial charge in [0.15, 0.2) is 0 Å². The number of aliphatic hydroxyl groups is 1. The summed E-state index contributed by atoms with van der Waals surface area (Å²) in [5, 5.41) is 11.9. The minimum absolute atomic E-state index is 0.0911. The number of hydrogen-bond donors (Lipinski definition) is 2. The number of carbonyl (C=O) groups excluding carboxylic acids is 2. The number of aryl methyl sites for hydroxylation is 1. The Morgan fingerprint density at radius 2 is 1.91 bits per heavy atom. The van der Waals surface area contributed by atoms with Crippen molar-refractivity contribution < 1.29 is 23.5 Å². The van der Waals surface area contributed by atoms with E-state index in [1.165, 1.54) is 17.0 Å². The van der Waals surface area contributed by atoms with Crippen LogP contribution in [0.5, 0.6) is 0 Å². The van der Waals surface area contributed by atoms with Gasteiger partial charge in [-0.25, -0.2) is 0 Å². The van der Waals surface area contributed by atoms with Gasteiger partial charge >= 0.3 is 5.92 Å². The zero-order valence-corrected chi connectivity index (χ0v) is 13.3. The Labute approximate surface area is 133 Å². The first-order chi connectivity index (χ1) is 10.6. The van der Waals surface area contributed by atoms with E-state index in [-0.39, 0.29) is 24.4 Å². The lowest BCUT2D eigenvalue weighted by atomic mass is 9.75. The molecule has 0 radical (unpaired) electrons. The Bertz CT molecular complexity index is 640. The van der Waals surface area contributed by atoms with Crippen molar-refractivity contribution in [1.82, 2.24) is 4.90 Å². The molecule has 0 aliphatic heterocycles. The number of rotatable bonds is 4. The van der Waals surface area contributed by atoms with Gasteiger partial charge in [-0.2, -0.15) is 8.78 Å². The van der Waals surface area contributed by atoms with Crippen LogP contribution in [0.3, 0.4) is 0 Å². The molecule has 0 unspecified atom stereocenters. The highest BCUT2D eigenvalue weighted by atomic mass is 19.3. The molecule has 5 nitrogen and oxygen atoms in total. The number of nitrogens with one attached hydrogen (secondary N) is 1. The van der Waals surface area contributed by atoms with Gasteiger partial charge < -0.3 is 15.3 Å². The highest BCUT2D eigenvalue weighted by molar-refractivity contribution is 6.00. The van der Waals surface area contributed by atoms with E-state index in [2.05, 4.69) is 5.32 Å². The number of halogens is 2. The van der Waals surface area contributed by atoms with Gasteiger partial charge in [0, 0.05) is 25.3 Å². The monoisotopic (exact) mass is 326 g/mol. The molecular weight excluding hydrogens is 306 g/mol. The highest BCUT2D eigenvalue weighted by Gasteiger charge is 2.61. The zero-order chi connectivity index (χ0) is 17.4.